The molecular weight excluding hydrogens is 320 g/mol. The molecule has 0 aromatic carbocycles. The van der Waals surface area contributed by atoms with Crippen molar-refractivity contribution in [3.63, 3.8) is 0 Å². The van der Waals surface area contributed by atoms with Crippen molar-refractivity contribution in [3.8, 4) is 0 Å². The molecule has 4 aliphatic carbocycles. The first kappa shape index (κ1) is 15.9. The van der Waals surface area contributed by atoms with Gasteiger partial charge in [-0.05, 0) is 68.6 Å². The quantitative estimate of drug-likeness (QED) is 0.460. The van der Waals surface area contributed by atoms with Gasteiger partial charge < -0.3 is 4.74 Å². The Morgan fingerprint density at radius 2 is 2.04 bits per heavy atom. The molecule has 5 fully saturated rings. The maximum absolute atomic E-state index is 12.2. The third-order valence-corrected chi connectivity index (χ3v) is 9.77. The number of ketones is 1. The summed E-state index contributed by atoms with van der Waals surface area (Å²) < 4.78 is 6.29. The third-order valence-electron chi connectivity index (χ3n) is 9.01. The second-order valence-corrected chi connectivity index (χ2v) is 10.1. The van der Waals surface area contributed by atoms with Crippen LogP contribution in [0.2, 0.25) is 0 Å². The second kappa shape index (κ2) is 4.88. The van der Waals surface area contributed by atoms with E-state index in [1.165, 1.54) is 25.7 Å². The summed E-state index contributed by atoms with van der Waals surface area (Å²) in [5.41, 5.74) is 2.16. The molecule has 0 spiro atoms. The summed E-state index contributed by atoms with van der Waals surface area (Å²) in [6.07, 6.45) is 11.0. The van der Waals surface area contributed by atoms with Crippen molar-refractivity contribution in [2.45, 2.75) is 76.2 Å². The van der Waals surface area contributed by atoms with Crippen LogP contribution in [0.5, 0.6) is 0 Å². The van der Waals surface area contributed by atoms with Crippen LogP contribution >= 0.6 is 11.6 Å². The number of fused-ring (bicyclic) bond motifs is 3. The first-order valence-electron chi connectivity index (χ1n) is 9.92. The van der Waals surface area contributed by atoms with Gasteiger partial charge in [0.05, 0.1) is 17.6 Å². The number of Topliss-reactive ketones (excluding diaryl/α,β-unsaturated/α-hetero) is 1. The molecule has 2 nitrogen and oxygen atoms in total. The molecular formula is C21H29ClO2. The first-order valence-corrected chi connectivity index (χ1v) is 10.3. The summed E-state index contributed by atoms with van der Waals surface area (Å²) in [5, 5.41) is 0. The summed E-state index contributed by atoms with van der Waals surface area (Å²) in [7, 11) is 0. The van der Waals surface area contributed by atoms with Crippen molar-refractivity contribution in [3.05, 3.63) is 11.6 Å². The fourth-order valence-electron chi connectivity index (χ4n) is 7.86. The van der Waals surface area contributed by atoms with E-state index >= 15 is 0 Å². The predicted molar refractivity (Wildman–Crippen MR) is 95.0 cm³/mol. The molecule has 4 saturated carbocycles. The number of alkyl halides is 1. The van der Waals surface area contributed by atoms with Gasteiger partial charge in [-0.3, -0.25) is 4.79 Å². The van der Waals surface area contributed by atoms with E-state index < -0.39 is 4.87 Å². The lowest BCUT2D eigenvalue weighted by molar-refractivity contribution is -0.131. The van der Waals surface area contributed by atoms with E-state index in [1.807, 2.05) is 0 Å². The summed E-state index contributed by atoms with van der Waals surface area (Å²) >= 11 is 7.22. The topological polar surface area (TPSA) is 26.3 Å². The minimum Gasteiger partial charge on any atom is -0.376 e. The largest absolute Gasteiger partial charge is 0.376 e. The first-order chi connectivity index (χ1) is 11.4. The molecule has 0 aromatic rings. The van der Waals surface area contributed by atoms with E-state index in [0.29, 0.717) is 23.5 Å². The highest BCUT2D eigenvalue weighted by Crippen LogP contribution is 2.71. The van der Waals surface area contributed by atoms with Gasteiger partial charge in [-0.25, -0.2) is 0 Å². The molecule has 5 aliphatic rings. The zero-order valence-corrected chi connectivity index (χ0v) is 15.7. The standard InChI is InChI=1S/C21H29ClO2/c1-3-13-4-5-16-15-10-18-21(22)11-14(23)6-9-20(21,12-24-18)17(15)7-8-19(13,16)2/h3,15-18H,4-12H2,1-2H3/t15?,16?,17?,18-,19?,20?,21+/m1/s1. The van der Waals surface area contributed by atoms with Gasteiger partial charge in [-0.1, -0.05) is 18.6 Å². The zero-order valence-electron chi connectivity index (χ0n) is 14.9. The van der Waals surface area contributed by atoms with Crippen LogP contribution in [-0.4, -0.2) is 23.4 Å². The van der Waals surface area contributed by atoms with E-state index in [2.05, 4.69) is 19.9 Å². The molecule has 5 unspecified atom stereocenters. The molecule has 1 heterocycles. The second-order valence-electron chi connectivity index (χ2n) is 9.45. The number of hydrogen-bond donors (Lipinski definition) is 0. The Hall–Kier alpha value is -0.340. The van der Waals surface area contributed by atoms with Crippen molar-refractivity contribution < 1.29 is 9.53 Å². The normalized spacial score (nSPS) is 57.6. The van der Waals surface area contributed by atoms with Crippen LogP contribution in [0.3, 0.4) is 0 Å². The average Bonchev–Trinajstić information content (AvgIpc) is 2.96. The Kier molecular flexibility index (Phi) is 3.23. The number of carbonyl (C=O) groups excluding carboxylic acids is 1. The van der Waals surface area contributed by atoms with Gasteiger partial charge in [0.15, 0.2) is 0 Å². The smallest absolute Gasteiger partial charge is 0.134 e. The third kappa shape index (κ3) is 1.66. The van der Waals surface area contributed by atoms with Gasteiger partial charge in [0.2, 0.25) is 0 Å². The van der Waals surface area contributed by atoms with Gasteiger partial charge in [0.1, 0.15) is 5.78 Å². The summed E-state index contributed by atoms with van der Waals surface area (Å²) in [6, 6.07) is 0. The number of halogens is 1. The summed E-state index contributed by atoms with van der Waals surface area (Å²) in [6.45, 7) is 5.54. The molecule has 0 radical (unpaired) electrons. The lowest BCUT2D eigenvalue weighted by Crippen LogP contribution is -2.63. The van der Waals surface area contributed by atoms with Gasteiger partial charge >= 0.3 is 0 Å². The van der Waals surface area contributed by atoms with Crippen molar-refractivity contribution in [2.24, 2.45) is 28.6 Å². The fourth-order valence-corrected chi connectivity index (χ4v) is 8.45. The SMILES string of the molecule is CC=C1CCC2C3C[C@H]4OCC5(CCC(=O)C[C@]45Cl)C3CCC12C. The van der Waals surface area contributed by atoms with Crippen LogP contribution in [0.25, 0.3) is 0 Å². The van der Waals surface area contributed by atoms with E-state index in [4.69, 9.17) is 16.3 Å². The van der Waals surface area contributed by atoms with E-state index in [1.54, 1.807) is 5.57 Å². The minimum atomic E-state index is -0.404. The molecule has 2 bridgehead atoms. The molecule has 24 heavy (non-hydrogen) atoms. The number of ether oxygens (including phenoxy) is 1. The van der Waals surface area contributed by atoms with Gasteiger partial charge in [0.25, 0.3) is 0 Å². The van der Waals surface area contributed by atoms with Crippen LogP contribution in [0.4, 0.5) is 0 Å². The fraction of sp³-hybridized carbons (Fsp3) is 0.857. The number of hydrogen-bond acceptors (Lipinski definition) is 2. The Labute approximate surface area is 150 Å². The molecule has 5 rings (SSSR count). The van der Waals surface area contributed by atoms with Crippen molar-refractivity contribution >= 4 is 17.4 Å². The molecule has 1 aliphatic heterocycles. The van der Waals surface area contributed by atoms with Crippen LogP contribution in [0.15, 0.2) is 11.6 Å². The van der Waals surface area contributed by atoms with Crippen molar-refractivity contribution in [1.82, 2.24) is 0 Å². The Balaban J connectivity index is 1.56. The number of allylic oxidation sites excluding steroid dienone is 2. The lowest BCUT2D eigenvalue weighted by atomic mass is 9.45. The molecule has 0 N–H and O–H groups in total. The molecule has 0 aromatic heterocycles. The summed E-state index contributed by atoms with van der Waals surface area (Å²) in [5.74, 6) is 2.56. The highest BCUT2D eigenvalue weighted by Gasteiger charge is 2.72. The van der Waals surface area contributed by atoms with Crippen molar-refractivity contribution in [2.75, 3.05) is 6.61 Å². The van der Waals surface area contributed by atoms with Gasteiger partial charge in [-0.2, -0.15) is 0 Å². The van der Waals surface area contributed by atoms with Gasteiger partial charge in [-0.15, -0.1) is 11.6 Å². The molecule has 132 valence electrons. The Morgan fingerprint density at radius 1 is 1.21 bits per heavy atom. The molecule has 0 amide bonds. The molecule has 3 heteroatoms. The minimum absolute atomic E-state index is 0.0655. The average molecular weight is 349 g/mol. The highest BCUT2D eigenvalue weighted by molar-refractivity contribution is 6.27. The van der Waals surface area contributed by atoms with E-state index in [0.717, 1.165) is 37.7 Å². The van der Waals surface area contributed by atoms with Crippen LogP contribution in [-0.2, 0) is 9.53 Å². The number of rotatable bonds is 0. The van der Waals surface area contributed by atoms with Crippen molar-refractivity contribution in [1.29, 1.82) is 0 Å². The molecule has 1 saturated heterocycles. The monoisotopic (exact) mass is 348 g/mol. The van der Waals surface area contributed by atoms with E-state index in [9.17, 15) is 4.79 Å². The number of carbonyl (C=O) groups is 1. The van der Waals surface area contributed by atoms with Crippen LogP contribution in [0.1, 0.15) is 65.2 Å². The lowest BCUT2D eigenvalue weighted by Gasteiger charge is -2.61. The van der Waals surface area contributed by atoms with Gasteiger partial charge in [0, 0.05) is 18.3 Å². The zero-order chi connectivity index (χ0) is 16.7. The molecule has 7 atom stereocenters. The maximum Gasteiger partial charge on any atom is 0.134 e. The van der Waals surface area contributed by atoms with Crippen LogP contribution < -0.4 is 0 Å². The highest BCUT2D eigenvalue weighted by atomic mass is 35.5. The summed E-state index contributed by atoms with van der Waals surface area (Å²) in [4.78, 5) is 11.8. The Bertz CT molecular complexity index is 627. The van der Waals surface area contributed by atoms with Crippen LogP contribution in [0, 0.1) is 28.6 Å². The predicted octanol–water partition coefficient (Wildman–Crippen LogP) is 4.89. The maximum atomic E-state index is 12.2. The Morgan fingerprint density at radius 3 is 2.83 bits per heavy atom. The van der Waals surface area contributed by atoms with E-state index in [-0.39, 0.29) is 11.5 Å².